The molecule has 4 atom stereocenters. The molecule has 0 aliphatic carbocycles. The van der Waals surface area contributed by atoms with Crippen LogP contribution in [0.5, 0.6) is 0 Å². The van der Waals surface area contributed by atoms with E-state index in [1.54, 1.807) is 13.1 Å². The lowest BCUT2D eigenvalue weighted by atomic mass is 9.98. The first-order chi connectivity index (χ1) is 12.8. The van der Waals surface area contributed by atoms with Crippen LogP contribution in [0.4, 0.5) is 0 Å². The van der Waals surface area contributed by atoms with Crippen molar-refractivity contribution in [2.75, 3.05) is 12.0 Å². The zero-order valence-electron chi connectivity index (χ0n) is 15.9. The van der Waals surface area contributed by atoms with Gasteiger partial charge < -0.3 is 26.5 Å². The first kappa shape index (κ1) is 23.0. The standard InChI is InChI=1S/C17H29N5O4S/c1-4-10(2)14(17(25)26)22-16(24)13(5-6-27-3)21-15(23)12(18)7-11-8-19-9-20-11/h8-10,12-14H,4-7,18H2,1-3H3,(H,19,20)(H,21,23)(H,22,24)(H,25,26)/t10-,12-,13-,14-/m0/s1. The Labute approximate surface area is 163 Å². The van der Waals surface area contributed by atoms with E-state index in [0.717, 1.165) is 0 Å². The Kier molecular flexibility index (Phi) is 9.87. The van der Waals surface area contributed by atoms with E-state index >= 15 is 0 Å². The summed E-state index contributed by atoms with van der Waals surface area (Å²) >= 11 is 1.53. The molecule has 0 fully saturated rings. The predicted molar refractivity (Wildman–Crippen MR) is 104 cm³/mol. The van der Waals surface area contributed by atoms with Crippen LogP contribution < -0.4 is 16.4 Å². The first-order valence-electron chi connectivity index (χ1n) is 8.85. The van der Waals surface area contributed by atoms with Crippen molar-refractivity contribution >= 4 is 29.5 Å². The average molecular weight is 400 g/mol. The molecule has 0 aromatic carbocycles. The van der Waals surface area contributed by atoms with Gasteiger partial charge in [-0.3, -0.25) is 9.59 Å². The van der Waals surface area contributed by atoms with Gasteiger partial charge in [0.2, 0.25) is 11.8 Å². The number of carbonyl (C=O) groups excluding carboxylic acids is 2. The monoisotopic (exact) mass is 399 g/mol. The van der Waals surface area contributed by atoms with Gasteiger partial charge in [0.15, 0.2) is 0 Å². The zero-order valence-corrected chi connectivity index (χ0v) is 16.7. The van der Waals surface area contributed by atoms with Gasteiger partial charge in [-0.2, -0.15) is 11.8 Å². The zero-order chi connectivity index (χ0) is 20.4. The van der Waals surface area contributed by atoms with Gasteiger partial charge in [-0.05, 0) is 24.3 Å². The predicted octanol–water partition coefficient (Wildman–Crippen LogP) is 0.133. The van der Waals surface area contributed by atoms with Crippen molar-refractivity contribution in [3.63, 3.8) is 0 Å². The third-order valence-corrected chi connectivity index (χ3v) is 5.00. The molecule has 1 heterocycles. The lowest BCUT2D eigenvalue weighted by Crippen LogP contribution is -2.56. The molecular weight excluding hydrogens is 370 g/mol. The number of carbonyl (C=O) groups is 3. The van der Waals surface area contributed by atoms with E-state index in [1.165, 1.54) is 18.1 Å². The van der Waals surface area contributed by atoms with Crippen LogP contribution in [0.2, 0.25) is 0 Å². The summed E-state index contributed by atoms with van der Waals surface area (Å²) in [5.41, 5.74) is 6.63. The van der Waals surface area contributed by atoms with Crippen molar-refractivity contribution in [3.8, 4) is 0 Å². The summed E-state index contributed by atoms with van der Waals surface area (Å²) in [6.07, 6.45) is 6.20. The second kappa shape index (κ2) is 11.6. The number of thioether (sulfide) groups is 1. The summed E-state index contributed by atoms with van der Waals surface area (Å²) in [6, 6.07) is -2.70. The molecule has 9 nitrogen and oxygen atoms in total. The Morgan fingerprint density at radius 2 is 2.04 bits per heavy atom. The minimum Gasteiger partial charge on any atom is -0.480 e. The lowest BCUT2D eigenvalue weighted by Gasteiger charge is -2.25. The summed E-state index contributed by atoms with van der Waals surface area (Å²) in [5, 5.41) is 14.6. The largest absolute Gasteiger partial charge is 0.480 e. The first-order valence-corrected chi connectivity index (χ1v) is 10.2. The fourth-order valence-electron chi connectivity index (χ4n) is 2.45. The lowest BCUT2D eigenvalue weighted by molar-refractivity contribution is -0.143. The highest BCUT2D eigenvalue weighted by atomic mass is 32.2. The van der Waals surface area contributed by atoms with Crippen LogP contribution in [0, 0.1) is 5.92 Å². The van der Waals surface area contributed by atoms with E-state index in [4.69, 9.17) is 5.73 Å². The molecule has 1 aromatic heterocycles. The van der Waals surface area contributed by atoms with Crippen molar-refractivity contribution in [3.05, 3.63) is 18.2 Å². The van der Waals surface area contributed by atoms with Gasteiger partial charge in [0.1, 0.15) is 12.1 Å². The number of carboxylic acids is 1. The number of H-pyrrole nitrogens is 1. The van der Waals surface area contributed by atoms with Crippen LogP contribution in [-0.4, -0.2) is 63.0 Å². The van der Waals surface area contributed by atoms with Crippen LogP contribution in [-0.2, 0) is 20.8 Å². The number of aromatic nitrogens is 2. The van der Waals surface area contributed by atoms with Gasteiger partial charge in [0, 0.05) is 18.3 Å². The second-order valence-corrected chi connectivity index (χ2v) is 7.43. The molecule has 2 amide bonds. The van der Waals surface area contributed by atoms with Crippen LogP contribution in [0.3, 0.4) is 0 Å². The van der Waals surface area contributed by atoms with Crippen molar-refractivity contribution in [2.24, 2.45) is 11.7 Å². The van der Waals surface area contributed by atoms with Crippen molar-refractivity contribution < 1.29 is 19.5 Å². The maximum atomic E-state index is 12.6. The number of rotatable bonds is 12. The molecule has 27 heavy (non-hydrogen) atoms. The number of aromatic amines is 1. The van der Waals surface area contributed by atoms with E-state index in [1.807, 2.05) is 13.2 Å². The van der Waals surface area contributed by atoms with Gasteiger partial charge in [0.05, 0.1) is 12.4 Å². The summed E-state index contributed by atoms with van der Waals surface area (Å²) < 4.78 is 0. The molecular formula is C17H29N5O4S. The van der Waals surface area contributed by atoms with Gasteiger partial charge in [-0.15, -0.1) is 0 Å². The molecule has 0 bridgehead atoms. The number of amides is 2. The number of aliphatic carboxylic acids is 1. The van der Waals surface area contributed by atoms with Crippen molar-refractivity contribution in [1.29, 1.82) is 0 Å². The molecule has 6 N–H and O–H groups in total. The number of hydrogen-bond acceptors (Lipinski definition) is 6. The molecule has 1 aromatic rings. The second-order valence-electron chi connectivity index (χ2n) is 6.44. The fourth-order valence-corrected chi connectivity index (χ4v) is 2.92. The maximum absolute atomic E-state index is 12.6. The molecule has 10 heteroatoms. The number of nitrogens with one attached hydrogen (secondary N) is 3. The third kappa shape index (κ3) is 7.59. The molecule has 0 aliphatic rings. The Morgan fingerprint density at radius 3 is 2.56 bits per heavy atom. The minimum atomic E-state index is -1.09. The smallest absolute Gasteiger partial charge is 0.326 e. The maximum Gasteiger partial charge on any atom is 0.326 e. The topological polar surface area (TPSA) is 150 Å². The Balaban J connectivity index is 2.76. The van der Waals surface area contributed by atoms with E-state index in [-0.39, 0.29) is 12.3 Å². The fraction of sp³-hybridized carbons (Fsp3) is 0.647. The minimum absolute atomic E-state index is 0.231. The highest BCUT2D eigenvalue weighted by Gasteiger charge is 2.30. The van der Waals surface area contributed by atoms with E-state index in [0.29, 0.717) is 24.3 Å². The van der Waals surface area contributed by atoms with Crippen molar-refractivity contribution in [1.82, 2.24) is 20.6 Å². The van der Waals surface area contributed by atoms with Crippen LogP contribution in [0.25, 0.3) is 0 Å². The summed E-state index contributed by atoms with van der Waals surface area (Å²) in [6.45, 7) is 3.61. The summed E-state index contributed by atoms with van der Waals surface area (Å²) in [5.74, 6) is -1.68. The molecule has 1 rings (SSSR count). The van der Waals surface area contributed by atoms with Crippen LogP contribution in [0.15, 0.2) is 12.5 Å². The Morgan fingerprint density at radius 1 is 1.33 bits per heavy atom. The van der Waals surface area contributed by atoms with Gasteiger partial charge in [0.25, 0.3) is 0 Å². The van der Waals surface area contributed by atoms with Crippen LogP contribution in [0.1, 0.15) is 32.4 Å². The van der Waals surface area contributed by atoms with Crippen molar-refractivity contribution in [2.45, 2.75) is 51.2 Å². The molecule has 0 unspecified atom stereocenters. The SMILES string of the molecule is CC[C@H](C)[C@H](NC(=O)[C@H](CCSC)NC(=O)[C@@H](N)Cc1cnc[nH]1)C(=O)O. The molecule has 0 radical (unpaired) electrons. The number of imidazole rings is 1. The summed E-state index contributed by atoms with van der Waals surface area (Å²) in [4.78, 5) is 43.2. The summed E-state index contributed by atoms with van der Waals surface area (Å²) in [7, 11) is 0. The number of carboxylic acid groups (broad SMARTS) is 1. The molecule has 0 saturated carbocycles. The highest BCUT2D eigenvalue weighted by molar-refractivity contribution is 7.98. The van der Waals surface area contributed by atoms with E-state index in [2.05, 4.69) is 20.6 Å². The van der Waals surface area contributed by atoms with Crippen LogP contribution >= 0.6 is 11.8 Å². The number of nitrogens with two attached hydrogens (primary N) is 1. The third-order valence-electron chi connectivity index (χ3n) is 4.35. The average Bonchev–Trinajstić information content (AvgIpc) is 3.14. The normalized spacial score (nSPS) is 15.4. The van der Waals surface area contributed by atoms with E-state index in [9.17, 15) is 19.5 Å². The molecule has 152 valence electrons. The van der Waals surface area contributed by atoms with Gasteiger partial charge in [-0.1, -0.05) is 20.3 Å². The number of hydrogen-bond donors (Lipinski definition) is 5. The highest BCUT2D eigenvalue weighted by Crippen LogP contribution is 2.10. The molecule has 0 spiro atoms. The molecule has 0 saturated heterocycles. The molecule has 0 aliphatic heterocycles. The van der Waals surface area contributed by atoms with E-state index < -0.39 is 35.9 Å². The quantitative estimate of drug-likeness (QED) is 0.335. The van der Waals surface area contributed by atoms with Gasteiger partial charge >= 0.3 is 5.97 Å². The van der Waals surface area contributed by atoms with Gasteiger partial charge in [-0.25, -0.2) is 9.78 Å². The Bertz CT molecular complexity index is 610. The number of nitrogens with zero attached hydrogens (tertiary/aromatic N) is 1. The Hall–Kier alpha value is -2.07.